The first kappa shape index (κ1) is 12.8. The largest absolute Gasteiger partial charge is 0.358 e. The molecule has 1 aliphatic carbocycles. The van der Waals surface area contributed by atoms with Crippen molar-refractivity contribution in [3.05, 3.63) is 70.4 Å². The van der Waals surface area contributed by atoms with Crippen molar-refractivity contribution in [3.63, 3.8) is 0 Å². The van der Waals surface area contributed by atoms with Crippen molar-refractivity contribution in [1.29, 1.82) is 5.26 Å². The van der Waals surface area contributed by atoms with Gasteiger partial charge in [-0.3, -0.25) is 0 Å². The number of hydrogen-bond donors (Lipinski definition) is 1. The third-order valence-electron chi connectivity index (χ3n) is 3.98. The monoisotopic (exact) mass is 280 g/mol. The summed E-state index contributed by atoms with van der Waals surface area (Å²) >= 11 is 0. The molecule has 1 N–H and O–H groups in total. The number of nitrogens with zero attached hydrogens (tertiary/aromatic N) is 1. The fourth-order valence-corrected chi connectivity index (χ4v) is 3.02. The Balaban J connectivity index is 0.00000121. The Hall–Kier alpha value is -2.24. The van der Waals surface area contributed by atoms with Crippen molar-refractivity contribution >= 4 is 23.3 Å². The molecule has 1 heterocycles. The summed E-state index contributed by atoms with van der Waals surface area (Å²) in [7, 11) is 0. The Morgan fingerprint density at radius 1 is 1.00 bits per heavy atom. The Bertz CT molecular complexity index is 840. The number of halogens is 1. The predicted molar refractivity (Wildman–Crippen MR) is 82.3 cm³/mol. The minimum absolute atomic E-state index is 0. The molecule has 3 aromatic rings. The average Bonchev–Trinajstić information content (AvgIpc) is 2.81. The highest BCUT2D eigenvalue weighted by Gasteiger charge is 2.19. The number of aromatic nitrogens is 1. The minimum Gasteiger partial charge on any atom is -0.358 e. The molecule has 0 amide bonds. The standard InChI is InChI=1S/C17H12N2.ClH/c18-10-11-5-6-14-15-8-12-3-1-2-4-13(12)9-17(15)19-16(14)7-11;/h1-7,19H,8-9H2;1H. The summed E-state index contributed by atoms with van der Waals surface area (Å²) in [5.74, 6) is 0. The first-order valence-electron chi connectivity index (χ1n) is 6.45. The molecule has 0 atom stereocenters. The molecule has 98 valence electrons. The third-order valence-corrected chi connectivity index (χ3v) is 3.98. The predicted octanol–water partition coefficient (Wildman–Crippen LogP) is 3.96. The molecule has 2 aromatic carbocycles. The lowest BCUT2D eigenvalue weighted by Gasteiger charge is -2.16. The zero-order valence-electron chi connectivity index (χ0n) is 10.8. The van der Waals surface area contributed by atoms with Crippen LogP contribution in [0.2, 0.25) is 0 Å². The molecular formula is C17H13ClN2. The van der Waals surface area contributed by atoms with Crippen LogP contribution in [0.5, 0.6) is 0 Å². The highest BCUT2D eigenvalue weighted by atomic mass is 35.5. The molecule has 1 aromatic heterocycles. The summed E-state index contributed by atoms with van der Waals surface area (Å²) in [6.07, 6.45) is 1.94. The van der Waals surface area contributed by atoms with Crippen LogP contribution in [0.15, 0.2) is 42.5 Å². The molecule has 0 saturated heterocycles. The van der Waals surface area contributed by atoms with E-state index >= 15 is 0 Å². The smallest absolute Gasteiger partial charge is 0.0992 e. The van der Waals surface area contributed by atoms with E-state index in [0.29, 0.717) is 5.56 Å². The highest BCUT2D eigenvalue weighted by Crippen LogP contribution is 2.32. The van der Waals surface area contributed by atoms with E-state index in [1.165, 1.54) is 27.8 Å². The number of fused-ring (bicyclic) bond motifs is 4. The van der Waals surface area contributed by atoms with E-state index in [9.17, 15) is 0 Å². The van der Waals surface area contributed by atoms with Gasteiger partial charge in [-0.1, -0.05) is 30.3 Å². The van der Waals surface area contributed by atoms with E-state index in [2.05, 4.69) is 41.4 Å². The highest BCUT2D eigenvalue weighted by molar-refractivity contribution is 5.87. The van der Waals surface area contributed by atoms with E-state index in [4.69, 9.17) is 5.26 Å². The molecule has 3 heteroatoms. The topological polar surface area (TPSA) is 39.6 Å². The van der Waals surface area contributed by atoms with Crippen LogP contribution in [-0.4, -0.2) is 4.98 Å². The van der Waals surface area contributed by atoms with Crippen molar-refractivity contribution in [2.24, 2.45) is 0 Å². The SMILES string of the molecule is Cl.N#Cc1ccc2c3c([nH]c2c1)Cc1ccccc1C3. The van der Waals surface area contributed by atoms with Gasteiger partial charge in [-0.15, -0.1) is 12.4 Å². The van der Waals surface area contributed by atoms with Crippen LogP contribution in [0.4, 0.5) is 0 Å². The lowest BCUT2D eigenvalue weighted by molar-refractivity contribution is 0.981. The normalized spacial score (nSPS) is 12.2. The third kappa shape index (κ3) is 1.79. The summed E-state index contributed by atoms with van der Waals surface area (Å²) < 4.78 is 0. The first-order chi connectivity index (χ1) is 9.35. The Kier molecular flexibility index (Phi) is 3.00. The van der Waals surface area contributed by atoms with Gasteiger partial charge < -0.3 is 4.98 Å². The van der Waals surface area contributed by atoms with Crippen LogP contribution in [-0.2, 0) is 12.8 Å². The quantitative estimate of drug-likeness (QED) is 0.520. The molecule has 0 spiro atoms. The zero-order valence-corrected chi connectivity index (χ0v) is 11.6. The molecule has 0 fully saturated rings. The van der Waals surface area contributed by atoms with Gasteiger partial charge >= 0.3 is 0 Å². The molecule has 0 radical (unpaired) electrons. The lowest BCUT2D eigenvalue weighted by atomic mass is 9.89. The van der Waals surface area contributed by atoms with E-state index in [-0.39, 0.29) is 12.4 Å². The van der Waals surface area contributed by atoms with Gasteiger partial charge in [-0.2, -0.15) is 5.26 Å². The average molecular weight is 281 g/mol. The molecule has 4 rings (SSSR count). The number of aromatic amines is 1. The van der Waals surface area contributed by atoms with Gasteiger partial charge in [0, 0.05) is 29.4 Å². The van der Waals surface area contributed by atoms with Gasteiger partial charge in [0.2, 0.25) is 0 Å². The van der Waals surface area contributed by atoms with E-state index < -0.39 is 0 Å². The van der Waals surface area contributed by atoms with Gasteiger partial charge in [-0.25, -0.2) is 0 Å². The molecular weight excluding hydrogens is 268 g/mol. The van der Waals surface area contributed by atoms with Crippen molar-refractivity contribution in [3.8, 4) is 6.07 Å². The second kappa shape index (κ2) is 4.70. The maximum Gasteiger partial charge on any atom is 0.0992 e. The van der Waals surface area contributed by atoms with Gasteiger partial charge in [-0.05, 0) is 28.8 Å². The number of benzene rings is 2. The van der Waals surface area contributed by atoms with Gasteiger partial charge in [0.15, 0.2) is 0 Å². The molecule has 0 aliphatic heterocycles. The van der Waals surface area contributed by atoms with Crippen molar-refractivity contribution in [1.82, 2.24) is 4.98 Å². The van der Waals surface area contributed by atoms with E-state index in [0.717, 1.165) is 18.4 Å². The molecule has 1 aliphatic rings. The summed E-state index contributed by atoms with van der Waals surface area (Å²) in [5, 5.41) is 10.2. The number of hydrogen-bond acceptors (Lipinski definition) is 1. The maximum atomic E-state index is 8.98. The van der Waals surface area contributed by atoms with Crippen molar-refractivity contribution < 1.29 is 0 Å². The van der Waals surface area contributed by atoms with Gasteiger partial charge in [0.05, 0.1) is 11.6 Å². The fourth-order valence-electron chi connectivity index (χ4n) is 3.02. The van der Waals surface area contributed by atoms with Crippen LogP contribution in [0.25, 0.3) is 10.9 Å². The van der Waals surface area contributed by atoms with Crippen LogP contribution in [0, 0.1) is 11.3 Å². The van der Waals surface area contributed by atoms with Crippen LogP contribution >= 0.6 is 12.4 Å². The summed E-state index contributed by atoms with van der Waals surface area (Å²) in [6, 6.07) is 16.7. The van der Waals surface area contributed by atoms with Crippen LogP contribution < -0.4 is 0 Å². The Morgan fingerprint density at radius 3 is 2.50 bits per heavy atom. The van der Waals surface area contributed by atoms with Gasteiger partial charge in [0.25, 0.3) is 0 Å². The van der Waals surface area contributed by atoms with Crippen LogP contribution in [0.3, 0.4) is 0 Å². The number of nitriles is 1. The van der Waals surface area contributed by atoms with E-state index in [1.807, 2.05) is 12.1 Å². The summed E-state index contributed by atoms with van der Waals surface area (Å²) in [5.41, 5.74) is 7.30. The maximum absolute atomic E-state index is 8.98. The zero-order chi connectivity index (χ0) is 12.8. The van der Waals surface area contributed by atoms with Crippen molar-refractivity contribution in [2.45, 2.75) is 12.8 Å². The van der Waals surface area contributed by atoms with Gasteiger partial charge in [0.1, 0.15) is 0 Å². The molecule has 0 saturated carbocycles. The van der Waals surface area contributed by atoms with Crippen LogP contribution in [0.1, 0.15) is 27.9 Å². The number of rotatable bonds is 0. The minimum atomic E-state index is 0. The molecule has 20 heavy (non-hydrogen) atoms. The second-order valence-corrected chi connectivity index (χ2v) is 5.08. The Labute approximate surface area is 123 Å². The fraction of sp³-hybridized carbons (Fsp3) is 0.118. The van der Waals surface area contributed by atoms with E-state index in [1.54, 1.807) is 0 Å². The first-order valence-corrected chi connectivity index (χ1v) is 6.45. The molecule has 0 unspecified atom stereocenters. The number of nitrogens with one attached hydrogen (secondary N) is 1. The summed E-state index contributed by atoms with van der Waals surface area (Å²) in [6.45, 7) is 0. The Morgan fingerprint density at radius 2 is 1.75 bits per heavy atom. The molecule has 2 nitrogen and oxygen atoms in total. The van der Waals surface area contributed by atoms with Crippen molar-refractivity contribution in [2.75, 3.05) is 0 Å². The number of H-pyrrole nitrogens is 1. The second-order valence-electron chi connectivity index (χ2n) is 5.08. The summed E-state index contributed by atoms with van der Waals surface area (Å²) in [4.78, 5) is 3.48. The lowest BCUT2D eigenvalue weighted by Crippen LogP contribution is -2.05. The molecule has 0 bridgehead atoms.